The minimum absolute atomic E-state index is 0.547. The van der Waals surface area contributed by atoms with Gasteiger partial charge in [0.2, 0.25) is 0 Å². The molecule has 1 fully saturated rings. The number of hydrogen-bond acceptors (Lipinski definition) is 4. The Labute approximate surface area is 114 Å². The Morgan fingerprint density at radius 2 is 2.00 bits per heavy atom. The van der Waals surface area contributed by atoms with Crippen LogP contribution in [0.3, 0.4) is 0 Å². The summed E-state index contributed by atoms with van der Waals surface area (Å²) in [5, 5.41) is 12.0. The van der Waals surface area contributed by atoms with Gasteiger partial charge in [0.1, 0.15) is 5.54 Å². The van der Waals surface area contributed by atoms with E-state index in [0.29, 0.717) is 12.8 Å². The molecule has 2 rings (SSSR count). The summed E-state index contributed by atoms with van der Waals surface area (Å²) in [6.45, 7) is 1.98. The van der Waals surface area contributed by atoms with Crippen LogP contribution in [0, 0.1) is 18.3 Å². The van der Waals surface area contributed by atoms with E-state index < -0.39 is 20.6 Å². The maximum absolute atomic E-state index is 11.9. The summed E-state index contributed by atoms with van der Waals surface area (Å²) in [4.78, 5) is 0. The summed E-state index contributed by atoms with van der Waals surface area (Å²) in [5.41, 5.74) is 0.924. The largest absolute Gasteiger partial charge is 0.366 e. The molecule has 1 N–H and O–H groups in total. The van der Waals surface area contributed by atoms with E-state index in [1.165, 1.54) is 6.26 Å². The van der Waals surface area contributed by atoms with E-state index in [1.54, 1.807) is 0 Å². The number of nitrogens with one attached hydrogen (secondary N) is 1. The summed E-state index contributed by atoms with van der Waals surface area (Å²) < 4.78 is 23.7. The molecule has 5 heteroatoms. The number of hydrogen-bond donors (Lipinski definition) is 1. The van der Waals surface area contributed by atoms with Crippen molar-refractivity contribution in [3.63, 3.8) is 0 Å². The fourth-order valence-electron chi connectivity index (χ4n) is 2.75. The van der Waals surface area contributed by atoms with Crippen LogP contribution in [0.4, 0.5) is 5.69 Å². The predicted molar refractivity (Wildman–Crippen MR) is 75.6 cm³/mol. The van der Waals surface area contributed by atoms with E-state index in [1.807, 2.05) is 31.2 Å². The van der Waals surface area contributed by atoms with Gasteiger partial charge in [0.15, 0.2) is 9.84 Å². The Bertz CT molecular complexity index is 601. The highest BCUT2D eigenvalue weighted by Crippen LogP contribution is 2.37. The highest BCUT2D eigenvalue weighted by Gasteiger charge is 2.48. The van der Waals surface area contributed by atoms with E-state index in [9.17, 15) is 13.7 Å². The smallest absolute Gasteiger partial charge is 0.153 e. The van der Waals surface area contributed by atoms with Gasteiger partial charge in [-0.05, 0) is 38.3 Å². The average molecular weight is 278 g/mol. The van der Waals surface area contributed by atoms with Crippen LogP contribution in [-0.2, 0) is 9.84 Å². The molecule has 0 amide bonds. The molecule has 0 radical (unpaired) electrons. The number of rotatable bonds is 3. The molecule has 0 spiro atoms. The lowest BCUT2D eigenvalue weighted by molar-refractivity contribution is 0.552. The molecular weight excluding hydrogens is 260 g/mol. The predicted octanol–water partition coefficient (Wildman–Crippen LogP) is 2.27. The highest BCUT2D eigenvalue weighted by atomic mass is 32.2. The molecule has 0 bridgehead atoms. The van der Waals surface area contributed by atoms with Crippen LogP contribution >= 0.6 is 0 Å². The second kappa shape index (κ2) is 4.86. The maximum Gasteiger partial charge on any atom is 0.153 e. The number of aryl methyl sites for hydroxylation is 1. The standard InChI is InChI=1S/C14H18N2O2S/c1-11-5-7-12(8-6-11)16-14(10-15)9-3-4-13(14)19(2,17)18/h5-8,13,16H,3-4,9H2,1-2H3. The zero-order valence-electron chi connectivity index (χ0n) is 11.2. The lowest BCUT2D eigenvalue weighted by Crippen LogP contribution is -2.47. The van der Waals surface area contributed by atoms with Gasteiger partial charge in [0, 0.05) is 11.9 Å². The second-order valence-electron chi connectivity index (χ2n) is 5.28. The molecule has 2 unspecified atom stereocenters. The number of anilines is 1. The third-order valence-electron chi connectivity index (χ3n) is 3.72. The maximum atomic E-state index is 11.9. The van der Waals surface area contributed by atoms with Gasteiger partial charge in [0.25, 0.3) is 0 Å². The molecule has 1 aromatic rings. The van der Waals surface area contributed by atoms with Crippen LogP contribution in [-0.4, -0.2) is 25.5 Å². The molecule has 0 aliphatic heterocycles. The molecule has 1 aliphatic carbocycles. The van der Waals surface area contributed by atoms with E-state index in [4.69, 9.17) is 0 Å². The van der Waals surface area contributed by atoms with Gasteiger partial charge >= 0.3 is 0 Å². The summed E-state index contributed by atoms with van der Waals surface area (Å²) in [5.74, 6) is 0. The molecule has 1 aromatic carbocycles. The lowest BCUT2D eigenvalue weighted by Gasteiger charge is -2.29. The average Bonchev–Trinajstić information content (AvgIpc) is 2.76. The van der Waals surface area contributed by atoms with E-state index in [0.717, 1.165) is 17.7 Å². The van der Waals surface area contributed by atoms with Gasteiger partial charge in [-0.3, -0.25) is 0 Å². The monoisotopic (exact) mass is 278 g/mol. The Morgan fingerprint density at radius 1 is 1.37 bits per heavy atom. The van der Waals surface area contributed by atoms with Gasteiger partial charge in [-0.25, -0.2) is 8.42 Å². The number of sulfone groups is 1. The first kappa shape index (κ1) is 13.9. The lowest BCUT2D eigenvalue weighted by atomic mass is 9.98. The van der Waals surface area contributed by atoms with Crippen molar-refractivity contribution in [2.24, 2.45) is 0 Å². The number of benzene rings is 1. The minimum atomic E-state index is -3.24. The van der Waals surface area contributed by atoms with Crippen LogP contribution in [0.25, 0.3) is 0 Å². The molecular formula is C14H18N2O2S. The van der Waals surface area contributed by atoms with Crippen molar-refractivity contribution in [2.75, 3.05) is 11.6 Å². The molecule has 1 saturated carbocycles. The number of nitriles is 1. The minimum Gasteiger partial charge on any atom is -0.366 e. The molecule has 1 aliphatic rings. The second-order valence-corrected chi connectivity index (χ2v) is 7.51. The third kappa shape index (κ3) is 2.74. The fourth-order valence-corrected chi connectivity index (χ4v) is 4.30. The Hall–Kier alpha value is -1.54. The number of nitrogens with zero attached hydrogens (tertiary/aromatic N) is 1. The van der Waals surface area contributed by atoms with E-state index >= 15 is 0 Å². The van der Waals surface area contributed by atoms with E-state index in [-0.39, 0.29) is 0 Å². The Kier molecular flexibility index (Phi) is 3.55. The van der Waals surface area contributed by atoms with Gasteiger partial charge in [0.05, 0.1) is 11.3 Å². The van der Waals surface area contributed by atoms with E-state index in [2.05, 4.69) is 11.4 Å². The Morgan fingerprint density at radius 3 is 2.53 bits per heavy atom. The van der Waals surface area contributed by atoms with Crippen LogP contribution < -0.4 is 5.32 Å². The topological polar surface area (TPSA) is 70.0 Å². The van der Waals surface area contributed by atoms with Crippen LogP contribution in [0.1, 0.15) is 24.8 Å². The zero-order valence-corrected chi connectivity index (χ0v) is 12.0. The van der Waals surface area contributed by atoms with Gasteiger partial charge in [-0.1, -0.05) is 17.7 Å². The highest BCUT2D eigenvalue weighted by molar-refractivity contribution is 7.91. The molecule has 102 valence electrons. The van der Waals surface area contributed by atoms with Crippen LogP contribution in [0.15, 0.2) is 24.3 Å². The van der Waals surface area contributed by atoms with Crippen molar-refractivity contribution in [3.8, 4) is 6.07 Å². The Balaban J connectivity index is 2.33. The third-order valence-corrected chi connectivity index (χ3v) is 5.39. The first-order chi connectivity index (χ1) is 8.87. The van der Waals surface area contributed by atoms with Crippen molar-refractivity contribution in [1.82, 2.24) is 0 Å². The van der Waals surface area contributed by atoms with Crippen molar-refractivity contribution >= 4 is 15.5 Å². The summed E-state index contributed by atoms with van der Waals surface area (Å²) in [6.07, 6.45) is 3.08. The normalized spacial score (nSPS) is 26.9. The van der Waals surface area contributed by atoms with Crippen molar-refractivity contribution in [1.29, 1.82) is 5.26 Å². The molecule has 2 atom stereocenters. The quantitative estimate of drug-likeness (QED) is 0.920. The first-order valence-electron chi connectivity index (χ1n) is 6.32. The first-order valence-corrected chi connectivity index (χ1v) is 8.28. The van der Waals surface area contributed by atoms with Gasteiger partial charge < -0.3 is 5.32 Å². The molecule has 19 heavy (non-hydrogen) atoms. The summed E-state index contributed by atoms with van der Waals surface area (Å²) in [7, 11) is -3.24. The summed E-state index contributed by atoms with van der Waals surface area (Å²) >= 11 is 0. The molecule has 0 aromatic heterocycles. The van der Waals surface area contributed by atoms with Crippen molar-refractivity contribution in [2.45, 2.75) is 37.0 Å². The van der Waals surface area contributed by atoms with Gasteiger partial charge in [-0.2, -0.15) is 5.26 Å². The SMILES string of the molecule is Cc1ccc(NC2(C#N)CCCC2S(C)(=O)=O)cc1. The van der Waals surface area contributed by atoms with Crippen molar-refractivity contribution in [3.05, 3.63) is 29.8 Å². The molecule has 0 heterocycles. The molecule has 0 saturated heterocycles. The van der Waals surface area contributed by atoms with Crippen LogP contribution in [0.5, 0.6) is 0 Å². The fraction of sp³-hybridized carbons (Fsp3) is 0.500. The van der Waals surface area contributed by atoms with Gasteiger partial charge in [-0.15, -0.1) is 0 Å². The molecule has 4 nitrogen and oxygen atoms in total. The van der Waals surface area contributed by atoms with Crippen LogP contribution in [0.2, 0.25) is 0 Å². The van der Waals surface area contributed by atoms with Crippen molar-refractivity contribution < 1.29 is 8.42 Å². The summed E-state index contributed by atoms with van der Waals surface area (Å²) in [6, 6.07) is 9.85. The zero-order chi connectivity index (χ0) is 14.1.